The lowest BCUT2D eigenvalue weighted by molar-refractivity contribution is -0.0124. The van der Waals surface area contributed by atoms with Gasteiger partial charge in [-0.05, 0) is 12.2 Å². The minimum Gasteiger partial charge on any atom is -0.359 e. The number of fused-ring (bicyclic) bond motifs is 1. The van der Waals surface area contributed by atoms with Crippen LogP contribution in [0.4, 0.5) is 0 Å². The van der Waals surface area contributed by atoms with E-state index in [4.69, 9.17) is 12.2 Å². The Morgan fingerprint density at radius 1 is 1.37 bits per heavy atom. The van der Waals surface area contributed by atoms with Gasteiger partial charge in [-0.2, -0.15) is 0 Å². The van der Waals surface area contributed by atoms with Crippen LogP contribution in [0.1, 0.15) is 6.92 Å². The molecule has 4 heterocycles. The van der Waals surface area contributed by atoms with Gasteiger partial charge in [0.15, 0.2) is 5.11 Å². The molecule has 4 aliphatic rings. The second kappa shape index (κ2) is 5.04. The van der Waals surface area contributed by atoms with Crippen LogP contribution in [0.15, 0.2) is 12.7 Å². The highest BCUT2D eigenvalue weighted by Gasteiger charge is 2.51. The van der Waals surface area contributed by atoms with Gasteiger partial charge in [0.2, 0.25) is 0 Å². The first-order valence-corrected chi connectivity index (χ1v) is 7.61. The van der Waals surface area contributed by atoms with Crippen LogP contribution < -0.4 is 10.6 Å². The third-order valence-corrected chi connectivity index (χ3v) is 5.07. The van der Waals surface area contributed by atoms with Crippen molar-refractivity contribution in [3.05, 3.63) is 12.7 Å². The number of hydrogen-bond acceptors (Lipinski definition) is 3. The summed E-state index contributed by atoms with van der Waals surface area (Å²) < 4.78 is 0. The molecule has 0 saturated carbocycles. The van der Waals surface area contributed by atoms with Gasteiger partial charge in [0.05, 0.1) is 0 Å². The van der Waals surface area contributed by atoms with E-state index in [9.17, 15) is 0 Å². The van der Waals surface area contributed by atoms with Gasteiger partial charge in [-0.15, -0.1) is 6.58 Å². The summed E-state index contributed by atoms with van der Waals surface area (Å²) in [6, 6.07) is 0.503. The lowest BCUT2D eigenvalue weighted by Gasteiger charge is -2.54. The van der Waals surface area contributed by atoms with E-state index >= 15 is 0 Å². The summed E-state index contributed by atoms with van der Waals surface area (Å²) in [5.74, 6) is 0.693. The summed E-state index contributed by atoms with van der Waals surface area (Å²) in [5.41, 5.74) is 0.317. The van der Waals surface area contributed by atoms with Gasteiger partial charge >= 0.3 is 0 Å². The van der Waals surface area contributed by atoms with Crippen molar-refractivity contribution in [1.82, 2.24) is 20.4 Å². The van der Waals surface area contributed by atoms with Crippen LogP contribution in [0.3, 0.4) is 0 Å². The fraction of sp³-hybridized carbons (Fsp3) is 0.786. The zero-order valence-electron chi connectivity index (χ0n) is 11.7. The van der Waals surface area contributed by atoms with Crippen LogP contribution in [-0.2, 0) is 0 Å². The molecule has 0 aromatic heterocycles. The average molecular weight is 280 g/mol. The summed E-state index contributed by atoms with van der Waals surface area (Å²) in [5, 5.41) is 7.56. The molecule has 19 heavy (non-hydrogen) atoms. The van der Waals surface area contributed by atoms with Crippen molar-refractivity contribution in [1.29, 1.82) is 0 Å². The quantitative estimate of drug-likeness (QED) is 0.572. The van der Waals surface area contributed by atoms with Gasteiger partial charge in [0, 0.05) is 63.2 Å². The number of piperidine rings is 2. The zero-order valence-corrected chi connectivity index (χ0v) is 12.5. The maximum atomic E-state index is 5.41. The Bertz CT molecular complexity index is 368. The Morgan fingerprint density at radius 3 is 2.53 bits per heavy atom. The molecule has 106 valence electrons. The molecule has 4 saturated heterocycles. The second-order valence-corrected chi connectivity index (χ2v) is 6.91. The predicted molar refractivity (Wildman–Crippen MR) is 82.2 cm³/mol. The molecule has 0 amide bonds. The van der Waals surface area contributed by atoms with Crippen molar-refractivity contribution in [2.24, 2.45) is 11.3 Å². The Morgan fingerprint density at radius 2 is 2.00 bits per heavy atom. The summed E-state index contributed by atoms with van der Waals surface area (Å²) in [6.45, 7) is 14.2. The largest absolute Gasteiger partial charge is 0.359 e. The fourth-order valence-corrected chi connectivity index (χ4v) is 4.38. The highest BCUT2D eigenvalue weighted by Crippen LogP contribution is 2.40. The molecule has 0 aromatic carbocycles. The van der Waals surface area contributed by atoms with Crippen LogP contribution in [0.2, 0.25) is 0 Å². The molecule has 4 bridgehead atoms. The number of nitrogens with one attached hydrogen (secondary N) is 2. The van der Waals surface area contributed by atoms with E-state index in [1.807, 2.05) is 6.08 Å². The van der Waals surface area contributed by atoms with E-state index in [1.54, 1.807) is 0 Å². The molecule has 0 radical (unpaired) electrons. The molecule has 0 aromatic rings. The molecular weight excluding hydrogens is 256 g/mol. The maximum absolute atomic E-state index is 5.41. The van der Waals surface area contributed by atoms with Crippen molar-refractivity contribution in [3.8, 4) is 0 Å². The summed E-state index contributed by atoms with van der Waals surface area (Å²) in [6.07, 6.45) is 1.84. The zero-order chi connectivity index (χ0) is 13.5. The molecule has 3 atom stereocenters. The molecule has 0 spiro atoms. The highest BCUT2D eigenvalue weighted by atomic mass is 32.1. The Balaban J connectivity index is 1.72. The molecule has 3 unspecified atom stereocenters. The van der Waals surface area contributed by atoms with Crippen LogP contribution in [-0.4, -0.2) is 66.8 Å². The van der Waals surface area contributed by atoms with Gasteiger partial charge < -0.3 is 20.4 Å². The Kier molecular flexibility index (Phi) is 3.53. The molecule has 0 aliphatic carbocycles. The topological polar surface area (TPSA) is 30.5 Å². The first-order chi connectivity index (χ1) is 9.10. The van der Waals surface area contributed by atoms with Crippen LogP contribution in [0.5, 0.6) is 0 Å². The van der Waals surface area contributed by atoms with Gasteiger partial charge in [-0.25, -0.2) is 0 Å². The third kappa shape index (κ3) is 2.51. The van der Waals surface area contributed by atoms with Crippen LogP contribution in [0.25, 0.3) is 0 Å². The minimum absolute atomic E-state index is 0.317. The highest BCUT2D eigenvalue weighted by molar-refractivity contribution is 7.80. The molecule has 5 heteroatoms. The van der Waals surface area contributed by atoms with E-state index in [0.717, 1.165) is 11.7 Å². The van der Waals surface area contributed by atoms with Gasteiger partial charge in [0.25, 0.3) is 0 Å². The normalized spacial score (nSPS) is 43.6. The Hall–Kier alpha value is -0.650. The van der Waals surface area contributed by atoms with E-state index in [-0.39, 0.29) is 0 Å². The predicted octanol–water partition coefficient (Wildman–Crippen LogP) is 0.272. The average Bonchev–Trinajstić information content (AvgIpc) is 2.59. The maximum Gasteiger partial charge on any atom is 0.166 e. The van der Waals surface area contributed by atoms with Gasteiger partial charge in [0.1, 0.15) is 0 Å². The van der Waals surface area contributed by atoms with Gasteiger partial charge in [-0.1, -0.05) is 13.0 Å². The van der Waals surface area contributed by atoms with Crippen molar-refractivity contribution >= 4 is 17.3 Å². The molecule has 4 nitrogen and oxygen atoms in total. The molecule has 4 fully saturated rings. The fourth-order valence-electron chi connectivity index (χ4n) is 4.17. The molecule has 4 rings (SSSR count). The molecule has 2 N–H and O–H groups in total. The molecular formula is C14H24N4S. The molecule has 4 aliphatic heterocycles. The van der Waals surface area contributed by atoms with E-state index in [2.05, 4.69) is 33.9 Å². The monoisotopic (exact) mass is 280 g/mol. The third-order valence-electron chi connectivity index (χ3n) is 4.80. The van der Waals surface area contributed by atoms with Crippen molar-refractivity contribution in [2.45, 2.75) is 13.0 Å². The first-order valence-electron chi connectivity index (χ1n) is 7.21. The SMILES string of the molecule is C=CCNC(=S)NC1C2CN3CCN(C2)CC1(C)C3. The first kappa shape index (κ1) is 13.3. The number of rotatable bonds is 3. The minimum atomic E-state index is 0.317. The van der Waals surface area contributed by atoms with E-state index in [1.165, 1.54) is 39.3 Å². The Labute approximate surface area is 121 Å². The summed E-state index contributed by atoms with van der Waals surface area (Å²) >= 11 is 5.41. The summed E-state index contributed by atoms with van der Waals surface area (Å²) in [4.78, 5) is 5.27. The second-order valence-electron chi connectivity index (χ2n) is 6.51. The lowest BCUT2D eigenvalue weighted by atomic mass is 9.69. The smallest absolute Gasteiger partial charge is 0.166 e. The van der Waals surface area contributed by atoms with Gasteiger partial charge in [-0.3, -0.25) is 0 Å². The standard InChI is InChI=1S/C14H24N4S/c1-3-4-15-13(19)16-12-11-7-17-5-6-18(8-11)10-14(12,2)9-17/h3,11-12H,1,4-10H2,2H3,(H2,15,16,19). The van der Waals surface area contributed by atoms with E-state index < -0.39 is 0 Å². The van der Waals surface area contributed by atoms with Crippen molar-refractivity contribution in [3.63, 3.8) is 0 Å². The van der Waals surface area contributed by atoms with Crippen LogP contribution in [0, 0.1) is 11.3 Å². The summed E-state index contributed by atoms with van der Waals surface area (Å²) in [7, 11) is 0. The van der Waals surface area contributed by atoms with Crippen LogP contribution >= 0.6 is 12.2 Å². The van der Waals surface area contributed by atoms with Crippen molar-refractivity contribution in [2.75, 3.05) is 45.8 Å². The number of thiocarbonyl (C=S) groups is 1. The lowest BCUT2D eigenvalue weighted by Crippen LogP contribution is -2.68. The van der Waals surface area contributed by atoms with E-state index in [0.29, 0.717) is 17.4 Å². The van der Waals surface area contributed by atoms with Crippen molar-refractivity contribution < 1.29 is 0 Å². The number of nitrogens with zero attached hydrogens (tertiary/aromatic N) is 2. The number of hydrogen-bond donors (Lipinski definition) is 2.